The van der Waals surface area contributed by atoms with E-state index < -0.39 is 0 Å². The van der Waals surface area contributed by atoms with Crippen molar-refractivity contribution in [3.05, 3.63) is 12.3 Å². The first-order valence-corrected chi connectivity index (χ1v) is 7.76. The molecule has 0 radical (unpaired) electrons. The Bertz CT molecular complexity index is 509. The molecular formula is C15H27N7. The molecule has 1 aliphatic rings. The van der Waals surface area contributed by atoms with Crippen LogP contribution in [0.3, 0.4) is 0 Å². The largest absolute Gasteiger partial charge is 0.370 e. The van der Waals surface area contributed by atoms with E-state index in [0.717, 1.165) is 45.0 Å². The van der Waals surface area contributed by atoms with Crippen LogP contribution in [0.2, 0.25) is 0 Å². The number of hydrogen-bond donors (Lipinski definition) is 3. The standard InChI is InChI=1S/C15H27N7/c1-15(2,3)11-19-14-18-6-5-12(20-14)21-7-4-8-22(10-9-21)13(16)17/h5-6H,4,7-11H2,1-3H3,(H3,16,17)(H,18,19,20). The Balaban J connectivity index is 2.01. The molecule has 0 aliphatic carbocycles. The number of anilines is 2. The van der Waals surface area contributed by atoms with Crippen molar-refractivity contribution in [2.75, 3.05) is 42.9 Å². The SMILES string of the molecule is CC(C)(C)CNc1nccc(N2CCCN(C(=N)N)CC2)n1. The van der Waals surface area contributed by atoms with E-state index in [1.165, 1.54) is 0 Å². The van der Waals surface area contributed by atoms with Crippen molar-refractivity contribution in [1.29, 1.82) is 5.41 Å². The molecule has 0 bridgehead atoms. The molecular weight excluding hydrogens is 278 g/mol. The van der Waals surface area contributed by atoms with E-state index in [2.05, 4.69) is 41.0 Å². The highest BCUT2D eigenvalue weighted by Crippen LogP contribution is 2.17. The summed E-state index contributed by atoms with van der Waals surface area (Å²) in [5.74, 6) is 1.74. The Kier molecular flexibility index (Phi) is 5.05. The molecule has 0 unspecified atom stereocenters. The zero-order valence-electron chi connectivity index (χ0n) is 13.8. The maximum absolute atomic E-state index is 7.55. The zero-order valence-corrected chi connectivity index (χ0v) is 13.8. The first-order chi connectivity index (χ1) is 10.3. The van der Waals surface area contributed by atoms with Crippen molar-refractivity contribution in [1.82, 2.24) is 14.9 Å². The summed E-state index contributed by atoms with van der Waals surface area (Å²) >= 11 is 0. The van der Waals surface area contributed by atoms with Crippen LogP contribution in [-0.2, 0) is 0 Å². The van der Waals surface area contributed by atoms with Crippen LogP contribution in [0, 0.1) is 10.8 Å². The van der Waals surface area contributed by atoms with Gasteiger partial charge in [0, 0.05) is 38.9 Å². The Morgan fingerprint density at radius 1 is 1.32 bits per heavy atom. The third-order valence-corrected chi connectivity index (χ3v) is 3.58. The Morgan fingerprint density at radius 2 is 2.09 bits per heavy atom. The molecule has 122 valence electrons. The maximum Gasteiger partial charge on any atom is 0.224 e. The average Bonchev–Trinajstić information content (AvgIpc) is 2.71. The van der Waals surface area contributed by atoms with Gasteiger partial charge in [-0.1, -0.05) is 20.8 Å². The van der Waals surface area contributed by atoms with Crippen molar-refractivity contribution in [2.24, 2.45) is 11.1 Å². The second-order valence-corrected chi connectivity index (χ2v) is 6.87. The molecule has 2 rings (SSSR count). The molecule has 22 heavy (non-hydrogen) atoms. The molecule has 1 aromatic rings. The lowest BCUT2D eigenvalue weighted by Crippen LogP contribution is -2.39. The summed E-state index contributed by atoms with van der Waals surface area (Å²) in [5, 5.41) is 10.8. The summed E-state index contributed by atoms with van der Waals surface area (Å²) in [6.07, 6.45) is 2.76. The minimum atomic E-state index is 0.150. The van der Waals surface area contributed by atoms with Crippen LogP contribution in [0.1, 0.15) is 27.2 Å². The lowest BCUT2D eigenvalue weighted by atomic mass is 9.97. The molecule has 0 amide bonds. The van der Waals surface area contributed by atoms with Crippen LogP contribution >= 0.6 is 0 Å². The number of guanidine groups is 1. The quantitative estimate of drug-likeness (QED) is 0.576. The van der Waals surface area contributed by atoms with E-state index in [1.54, 1.807) is 6.20 Å². The van der Waals surface area contributed by atoms with Crippen LogP contribution in [0.5, 0.6) is 0 Å². The predicted octanol–water partition coefficient (Wildman–Crippen LogP) is 1.34. The predicted molar refractivity (Wildman–Crippen MR) is 90.3 cm³/mol. The van der Waals surface area contributed by atoms with Gasteiger partial charge in [0.25, 0.3) is 0 Å². The fraction of sp³-hybridized carbons (Fsp3) is 0.667. The zero-order chi connectivity index (χ0) is 16.2. The van der Waals surface area contributed by atoms with Gasteiger partial charge in [0.05, 0.1) is 0 Å². The van der Waals surface area contributed by atoms with E-state index in [9.17, 15) is 0 Å². The van der Waals surface area contributed by atoms with E-state index in [0.29, 0.717) is 5.95 Å². The third kappa shape index (κ3) is 4.75. The maximum atomic E-state index is 7.55. The third-order valence-electron chi connectivity index (χ3n) is 3.58. The lowest BCUT2D eigenvalue weighted by Gasteiger charge is -2.23. The molecule has 2 heterocycles. The first kappa shape index (κ1) is 16.3. The van der Waals surface area contributed by atoms with Crippen LogP contribution in [0.4, 0.5) is 11.8 Å². The van der Waals surface area contributed by atoms with Gasteiger partial charge in [0.1, 0.15) is 5.82 Å². The Morgan fingerprint density at radius 3 is 2.77 bits per heavy atom. The highest BCUT2D eigenvalue weighted by molar-refractivity contribution is 5.74. The van der Waals surface area contributed by atoms with Gasteiger partial charge in [-0.2, -0.15) is 4.98 Å². The van der Waals surface area contributed by atoms with Gasteiger partial charge in [0.15, 0.2) is 5.96 Å². The average molecular weight is 305 g/mol. The number of rotatable bonds is 3. The summed E-state index contributed by atoms with van der Waals surface area (Å²) in [4.78, 5) is 13.0. The van der Waals surface area contributed by atoms with Gasteiger partial charge in [-0.25, -0.2) is 4.98 Å². The number of nitrogens with one attached hydrogen (secondary N) is 2. The Labute approximate surface area is 132 Å². The number of nitrogens with zero attached hydrogens (tertiary/aromatic N) is 4. The molecule has 0 spiro atoms. The van der Waals surface area contributed by atoms with Gasteiger partial charge < -0.3 is 20.9 Å². The first-order valence-electron chi connectivity index (χ1n) is 7.76. The smallest absolute Gasteiger partial charge is 0.224 e. The summed E-state index contributed by atoms with van der Waals surface area (Å²) < 4.78 is 0. The minimum absolute atomic E-state index is 0.150. The van der Waals surface area contributed by atoms with Gasteiger partial charge in [0.2, 0.25) is 5.95 Å². The molecule has 1 saturated heterocycles. The normalized spacial score (nSPS) is 16.3. The Hall–Kier alpha value is -2.05. The highest BCUT2D eigenvalue weighted by Gasteiger charge is 2.17. The van der Waals surface area contributed by atoms with Crippen LogP contribution in [0.15, 0.2) is 12.3 Å². The molecule has 1 fully saturated rings. The summed E-state index contributed by atoms with van der Waals surface area (Å²) in [7, 11) is 0. The molecule has 1 aliphatic heterocycles. The van der Waals surface area contributed by atoms with E-state index in [-0.39, 0.29) is 11.4 Å². The molecule has 7 heteroatoms. The fourth-order valence-electron chi connectivity index (χ4n) is 2.34. The topological polar surface area (TPSA) is 94.2 Å². The van der Waals surface area contributed by atoms with Crippen LogP contribution < -0.4 is 16.0 Å². The second kappa shape index (κ2) is 6.81. The molecule has 0 saturated carbocycles. The van der Waals surface area contributed by atoms with Gasteiger partial charge >= 0.3 is 0 Å². The summed E-state index contributed by atoms with van der Waals surface area (Å²) in [5.41, 5.74) is 5.76. The molecule has 4 N–H and O–H groups in total. The van der Waals surface area contributed by atoms with Crippen LogP contribution in [-0.4, -0.2) is 53.6 Å². The number of aromatic nitrogens is 2. The van der Waals surface area contributed by atoms with Crippen molar-refractivity contribution in [3.8, 4) is 0 Å². The van der Waals surface area contributed by atoms with Crippen molar-refractivity contribution in [3.63, 3.8) is 0 Å². The van der Waals surface area contributed by atoms with Crippen LogP contribution in [0.25, 0.3) is 0 Å². The molecule has 0 atom stereocenters. The monoisotopic (exact) mass is 305 g/mol. The van der Waals surface area contributed by atoms with E-state index >= 15 is 0 Å². The highest BCUT2D eigenvalue weighted by atomic mass is 15.3. The van der Waals surface area contributed by atoms with Gasteiger partial charge in [-0.15, -0.1) is 0 Å². The number of nitrogens with two attached hydrogens (primary N) is 1. The molecule has 1 aromatic heterocycles. The van der Waals surface area contributed by atoms with E-state index in [1.807, 2.05) is 11.0 Å². The van der Waals surface area contributed by atoms with Crippen molar-refractivity contribution >= 4 is 17.7 Å². The molecule has 0 aromatic carbocycles. The van der Waals surface area contributed by atoms with Gasteiger partial charge in [-0.05, 0) is 17.9 Å². The van der Waals surface area contributed by atoms with Crippen molar-refractivity contribution in [2.45, 2.75) is 27.2 Å². The second-order valence-electron chi connectivity index (χ2n) is 6.87. The minimum Gasteiger partial charge on any atom is -0.370 e. The number of hydrogen-bond acceptors (Lipinski definition) is 5. The van der Waals surface area contributed by atoms with Crippen molar-refractivity contribution < 1.29 is 0 Å². The van der Waals surface area contributed by atoms with Gasteiger partial charge in [-0.3, -0.25) is 5.41 Å². The lowest BCUT2D eigenvalue weighted by molar-refractivity contribution is 0.440. The molecule has 7 nitrogen and oxygen atoms in total. The van der Waals surface area contributed by atoms with E-state index in [4.69, 9.17) is 11.1 Å². The fourth-order valence-corrected chi connectivity index (χ4v) is 2.34. The summed E-state index contributed by atoms with van der Waals surface area (Å²) in [6, 6.07) is 1.94. The summed E-state index contributed by atoms with van der Waals surface area (Å²) in [6.45, 7) is 10.7.